The molecule has 1 saturated heterocycles. The van der Waals surface area contributed by atoms with Crippen LogP contribution in [0.25, 0.3) is 0 Å². The summed E-state index contributed by atoms with van der Waals surface area (Å²) in [5, 5.41) is 0. The summed E-state index contributed by atoms with van der Waals surface area (Å²) in [5.74, 6) is -0.0390. The molecule has 0 N–H and O–H groups in total. The Morgan fingerprint density at radius 1 is 0.913 bits per heavy atom. The Hall–Kier alpha value is -2.79. The molecule has 3 rings (SSSR count). The van der Waals surface area contributed by atoms with Crippen LogP contribution in [-0.4, -0.2) is 102 Å². The minimum Gasteiger partial charge on any atom is -0.479 e. The van der Waals surface area contributed by atoms with Crippen molar-refractivity contribution in [2.24, 2.45) is 0 Å². The summed E-state index contributed by atoms with van der Waals surface area (Å²) in [6, 6.07) is 18.3. The molecule has 0 aliphatic carbocycles. The first-order valence-corrected chi connectivity index (χ1v) is 17.5. The summed E-state index contributed by atoms with van der Waals surface area (Å²) in [5.41, 5.74) is 2.39. The lowest BCUT2D eigenvalue weighted by molar-refractivity contribution is -0.146. The SMILES string of the molecule is CCOC(=S)SC(C)(C)C(=O)OCCCC(=O)CCN1CCN(c2ccc(C(=O)C(CC)(Cc3ccccc3)N(C)C)cc2)CC1. The van der Waals surface area contributed by atoms with E-state index < -0.39 is 10.3 Å². The molecule has 252 valence electrons. The lowest BCUT2D eigenvalue weighted by Gasteiger charge is -2.38. The van der Waals surface area contributed by atoms with Gasteiger partial charge in [0.05, 0.1) is 18.8 Å². The van der Waals surface area contributed by atoms with Gasteiger partial charge < -0.3 is 14.4 Å². The molecule has 1 aliphatic heterocycles. The number of rotatable bonds is 17. The molecule has 1 fully saturated rings. The highest BCUT2D eigenvalue weighted by molar-refractivity contribution is 8.23. The molecular formula is C36H51N3O5S2. The Labute approximate surface area is 285 Å². The molecule has 1 aliphatic rings. The Morgan fingerprint density at radius 3 is 2.15 bits per heavy atom. The Morgan fingerprint density at radius 2 is 1.57 bits per heavy atom. The summed E-state index contributed by atoms with van der Waals surface area (Å²) < 4.78 is 10.1. The number of benzene rings is 2. The number of hydrogen-bond acceptors (Lipinski definition) is 10. The number of ketones is 2. The smallest absolute Gasteiger partial charge is 0.322 e. The van der Waals surface area contributed by atoms with Crippen LogP contribution in [0.3, 0.4) is 0 Å². The minimum atomic E-state index is -0.840. The van der Waals surface area contributed by atoms with Gasteiger partial charge >= 0.3 is 5.97 Å². The number of hydrogen-bond donors (Lipinski definition) is 0. The van der Waals surface area contributed by atoms with Gasteiger partial charge in [0.25, 0.3) is 0 Å². The summed E-state index contributed by atoms with van der Waals surface area (Å²) >= 11 is 6.29. The second kappa shape index (κ2) is 17.9. The van der Waals surface area contributed by atoms with Crippen molar-refractivity contribution in [1.82, 2.24) is 9.80 Å². The lowest BCUT2D eigenvalue weighted by atomic mass is 9.80. The van der Waals surface area contributed by atoms with Crippen molar-refractivity contribution in [3.8, 4) is 0 Å². The van der Waals surface area contributed by atoms with Gasteiger partial charge in [-0.1, -0.05) is 49.0 Å². The molecule has 1 atom stereocenters. The zero-order valence-corrected chi connectivity index (χ0v) is 30.0. The number of thiocarbonyl (C=S) groups is 1. The number of anilines is 1. The quantitative estimate of drug-likeness (QED) is 0.0859. The van der Waals surface area contributed by atoms with E-state index in [1.807, 2.05) is 51.4 Å². The zero-order valence-electron chi connectivity index (χ0n) is 28.4. The minimum absolute atomic E-state index is 0.146. The van der Waals surface area contributed by atoms with Crippen LogP contribution in [0.5, 0.6) is 0 Å². The number of piperazine rings is 1. The molecule has 0 spiro atoms. The van der Waals surface area contributed by atoms with E-state index in [1.165, 1.54) is 11.8 Å². The third kappa shape index (κ3) is 10.6. The number of nitrogens with zero attached hydrogens (tertiary/aromatic N) is 3. The fourth-order valence-electron chi connectivity index (χ4n) is 5.71. The molecule has 1 unspecified atom stereocenters. The molecule has 0 radical (unpaired) electrons. The second-order valence-electron chi connectivity index (χ2n) is 12.5. The van der Waals surface area contributed by atoms with Crippen molar-refractivity contribution in [3.63, 3.8) is 0 Å². The van der Waals surface area contributed by atoms with Gasteiger partial charge in [0.2, 0.25) is 4.38 Å². The Kier molecular flexibility index (Phi) is 14.7. The molecular weight excluding hydrogens is 619 g/mol. The molecule has 0 aromatic heterocycles. The van der Waals surface area contributed by atoms with Gasteiger partial charge in [-0.3, -0.25) is 24.2 Å². The van der Waals surface area contributed by atoms with E-state index in [0.717, 1.165) is 56.0 Å². The van der Waals surface area contributed by atoms with Gasteiger partial charge in [0, 0.05) is 56.8 Å². The number of likely N-dealkylation sites (N-methyl/N-ethyl adjacent to an activating group) is 1. The van der Waals surface area contributed by atoms with Crippen molar-refractivity contribution in [3.05, 3.63) is 65.7 Å². The molecule has 0 saturated carbocycles. The largest absolute Gasteiger partial charge is 0.479 e. The van der Waals surface area contributed by atoms with Crippen molar-refractivity contribution in [1.29, 1.82) is 0 Å². The highest BCUT2D eigenvalue weighted by Gasteiger charge is 2.39. The third-order valence-electron chi connectivity index (χ3n) is 8.70. The number of Topliss-reactive ketones (excluding diaryl/α,β-unsaturated/α-hetero) is 2. The van der Waals surface area contributed by atoms with E-state index in [9.17, 15) is 14.4 Å². The maximum Gasteiger partial charge on any atom is 0.322 e. The van der Waals surface area contributed by atoms with E-state index in [0.29, 0.717) is 36.7 Å². The first kappa shape index (κ1) is 37.7. The van der Waals surface area contributed by atoms with Crippen molar-refractivity contribution >= 4 is 51.6 Å². The van der Waals surface area contributed by atoms with Crippen LogP contribution >= 0.6 is 24.0 Å². The predicted molar refractivity (Wildman–Crippen MR) is 192 cm³/mol. The van der Waals surface area contributed by atoms with Gasteiger partial charge in [0.1, 0.15) is 10.5 Å². The molecule has 10 heteroatoms. The Bertz CT molecular complexity index is 1290. The van der Waals surface area contributed by atoms with Crippen LogP contribution in [0, 0.1) is 0 Å². The highest BCUT2D eigenvalue weighted by Crippen LogP contribution is 2.30. The predicted octanol–water partition coefficient (Wildman–Crippen LogP) is 6.06. The number of thioether (sulfide) groups is 1. The van der Waals surface area contributed by atoms with Crippen LogP contribution < -0.4 is 4.90 Å². The van der Waals surface area contributed by atoms with Crippen LogP contribution in [-0.2, 0) is 25.5 Å². The van der Waals surface area contributed by atoms with E-state index >= 15 is 0 Å². The summed E-state index contributed by atoms with van der Waals surface area (Å²) in [7, 11) is 3.99. The molecule has 2 aromatic carbocycles. The van der Waals surface area contributed by atoms with Crippen LogP contribution in [0.1, 0.15) is 69.3 Å². The number of carbonyl (C=O) groups excluding carboxylic acids is 3. The van der Waals surface area contributed by atoms with Gasteiger partial charge in [-0.25, -0.2) is 0 Å². The standard InChI is InChI=1S/C36H51N3O5S2/c1-7-36(37(5)6,27-28-13-10-9-11-14-28)32(41)29-16-18-30(19-17-29)39-24-22-38(23-25-39)21-20-31(40)15-12-26-44-33(42)35(3,4)46-34(45)43-8-2/h9-11,13-14,16-19H,7-8,12,15,20-27H2,1-6H3. The maximum absolute atomic E-state index is 13.9. The van der Waals surface area contributed by atoms with Crippen LogP contribution in [0.4, 0.5) is 5.69 Å². The molecule has 2 aromatic rings. The molecule has 1 heterocycles. The lowest BCUT2D eigenvalue weighted by Crippen LogP contribution is -2.52. The first-order valence-electron chi connectivity index (χ1n) is 16.3. The Balaban J connectivity index is 1.41. The average Bonchev–Trinajstić information content (AvgIpc) is 3.04. The fourth-order valence-corrected chi connectivity index (χ4v) is 7.19. The van der Waals surface area contributed by atoms with E-state index in [-0.39, 0.29) is 24.1 Å². The zero-order chi connectivity index (χ0) is 33.7. The highest BCUT2D eigenvalue weighted by atomic mass is 32.2. The van der Waals surface area contributed by atoms with Crippen LogP contribution in [0.15, 0.2) is 54.6 Å². The average molecular weight is 670 g/mol. The normalized spacial score (nSPS) is 15.3. The van der Waals surface area contributed by atoms with E-state index in [1.54, 1.807) is 13.8 Å². The first-order chi connectivity index (χ1) is 21.9. The molecule has 0 amide bonds. The number of ether oxygens (including phenoxy) is 2. The van der Waals surface area contributed by atoms with Crippen molar-refractivity contribution in [2.45, 2.75) is 70.1 Å². The van der Waals surface area contributed by atoms with Gasteiger partial charge in [0.15, 0.2) is 5.78 Å². The van der Waals surface area contributed by atoms with Crippen molar-refractivity contribution < 1.29 is 23.9 Å². The second-order valence-corrected chi connectivity index (χ2v) is 14.7. The summed E-state index contributed by atoms with van der Waals surface area (Å²) in [6.07, 6.45) is 2.77. The van der Waals surface area contributed by atoms with E-state index in [4.69, 9.17) is 21.7 Å². The van der Waals surface area contributed by atoms with Gasteiger partial charge in [-0.15, -0.1) is 0 Å². The van der Waals surface area contributed by atoms with Gasteiger partial charge in [-0.2, -0.15) is 0 Å². The number of carbonyl (C=O) groups is 3. The molecule has 0 bridgehead atoms. The number of esters is 1. The fraction of sp³-hybridized carbons (Fsp3) is 0.556. The van der Waals surface area contributed by atoms with Gasteiger partial charge in [-0.05, 0) is 96.2 Å². The van der Waals surface area contributed by atoms with Crippen LogP contribution in [0.2, 0.25) is 0 Å². The third-order valence-corrected chi connectivity index (χ3v) is 10.0. The van der Waals surface area contributed by atoms with E-state index in [2.05, 4.69) is 45.9 Å². The maximum atomic E-state index is 13.9. The summed E-state index contributed by atoms with van der Waals surface area (Å²) in [6.45, 7) is 12.3. The summed E-state index contributed by atoms with van der Waals surface area (Å²) in [4.78, 5) is 45.5. The molecule has 46 heavy (non-hydrogen) atoms. The topological polar surface area (TPSA) is 79.4 Å². The van der Waals surface area contributed by atoms with Crippen molar-refractivity contribution in [2.75, 3.05) is 64.9 Å². The monoisotopic (exact) mass is 669 g/mol. The molecule has 8 nitrogen and oxygen atoms in total.